The molecule has 0 saturated carbocycles. The molecule has 1 aromatic rings. The molecular weight excluding hydrogens is 282 g/mol. The van der Waals surface area contributed by atoms with E-state index in [-0.39, 0.29) is 22.9 Å². The van der Waals surface area contributed by atoms with Crippen LogP contribution in [-0.2, 0) is 19.3 Å². The van der Waals surface area contributed by atoms with Gasteiger partial charge in [-0.15, -0.1) is 0 Å². The first-order chi connectivity index (χ1) is 9.51. The summed E-state index contributed by atoms with van der Waals surface area (Å²) in [4.78, 5) is 0.0809. The van der Waals surface area contributed by atoms with E-state index in [1.54, 1.807) is 13.2 Å². The number of hydrogen-bond donors (Lipinski definition) is 1. The minimum absolute atomic E-state index is 0.0809. The molecule has 0 aliphatic heterocycles. The Balaban J connectivity index is 2.60. The second-order valence-electron chi connectivity index (χ2n) is 4.18. The maximum Gasteiger partial charge on any atom is 0.182 e. The third-order valence-corrected chi connectivity index (χ3v) is 4.42. The SMILES string of the molecule is COCCCOCCS(=O)(=O)c1cc(OC)ccc1N. The molecular formula is C13H21NO5S. The van der Waals surface area contributed by atoms with E-state index in [0.717, 1.165) is 6.42 Å². The lowest BCUT2D eigenvalue weighted by Gasteiger charge is -2.09. The fraction of sp³-hybridized carbons (Fsp3) is 0.538. The molecule has 20 heavy (non-hydrogen) atoms. The fourth-order valence-electron chi connectivity index (χ4n) is 1.60. The Morgan fingerprint density at radius 3 is 2.55 bits per heavy atom. The summed E-state index contributed by atoms with van der Waals surface area (Å²) in [7, 11) is -0.397. The zero-order valence-electron chi connectivity index (χ0n) is 11.8. The number of ether oxygens (including phenoxy) is 3. The van der Waals surface area contributed by atoms with Gasteiger partial charge in [-0.25, -0.2) is 8.42 Å². The summed E-state index contributed by atoms with van der Waals surface area (Å²) in [6.07, 6.45) is 0.734. The quantitative estimate of drug-likeness (QED) is 0.543. The van der Waals surface area contributed by atoms with Crippen LogP contribution in [0.2, 0.25) is 0 Å². The van der Waals surface area contributed by atoms with Gasteiger partial charge in [0.05, 0.1) is 30.1 Å². The Kier molecular flexibility index (Phi) is 6.77. The average Bonchev–Trinajstić information content (AvgIpc) is 2.43. The Morgan fingerprint density at radius 1 is 1.15 bits per heavy atom. The molecule has 1 aromatic carbocycles. The van der Waals surface area contributed by atoms with Gasteiger partial charge in [-0.05, 0) is 18.6 Å². The molecule has 0 atom stereocenters. The van der Waals surface area contributed by atoms with Crippen LogP contribution < -0.4 is 10.5 Å². The fourth-order valence-corrected chi connectivity index (χ4v) is 2.88. The average molecular weight is 303 g/mol. The van der Waals surface area contributed by atoms with E-state index in [0.29, 0.717) is 19.0 Å². The molecule has 2 N–H and O–H groups in total. The van der Waals surface area contributed by atoms with E-state index in [1.807, 2.05) is 0 Å². The van der Waals surface area contributed by atoms with Crippen LogP contribution in [0.3, 0.4) is 0 Å². The van der Waals surface area contributed by atoms with Gasteiger partial charge in [0.2, 0.25) is 0 Å². The van der Waals surface area contributed by atoms with Crippen LogP contribution in [0.4, 0.5) is 5.69 Å². The van der Waals surface area contributed by atoms with Crippen LogP contribution in [0.25, 0.3) is 0 Å². The molecule has 0 aromatic heterocycles. The van der Waals surface area contributed by atoms with E-state index in [9.17, 15) is 8.42 Å². The molecule has 7 heteroatoms. The topological polar surface area (TPSA) is 87.8 Å². The molecule has 1 rings (SSSR count). The molecule has 0 unspecified atom stereocenters. The maximum absolute atomic E-state index is 12.2. The Morgan fingerprint density at radius 2 is 1.90 bits per heavy atom. The lowest BCUT2D eigenvalue weighted by atomic mass is 10.3. The number of methoxy groups -OCH3 is 2. The van der Waals surface area contributed by atoms with Gasteiger partial charge in [0.1, 0.15) is 5.75 Å². The number of benzene rings is 1. The van der Waals surface area contributed by atoms with Gasteiger partial charge in [0.25, 0.3) is 0 Å². The number of sulfone groups is 1. The van der Waals surface area contributed by atoms with Gasteiger partial charge >= 0.3 is 0 Å². The highest BCUT2D eigenvalue weighted by Crippen LogP contribution is 2.24. The third-order valence-electron chi connectivity index (χ3n) is 2.69. The largest absolute Gasteiger partial charge is 0.497 e. The van der Waals surface area contributed by atoms with Crippen molar-refractivity contribution in [1.29, 1.82) is 0 Å². The summed E-state index contributed by atoms with van der Waals surface area (Å²) in [5.74, 6) is 0.343. The lowest BCUT2D eigenvalue weighted by molar-refractivity contribution is 0.112. The van der Waals surface area contributed by atoms with Gasteiger partial charge in [0.15, 0.2) is 9.84 Å². The van der Waals surface area contributed by atoms with Crippen LogP contribution in [-0.4, -0.2) is 48.2 Å². The Hall–Kier alpha value is -1.31. The first-order valence-corrected chi connectivity index (χ1v) is 7.89. The van der Waals surface area contributed by atoms with E-state index in [4.69, 9.17) is 19.9 Å². The first-order valence-electron chi connectivity index (χ1n) is 6.24. The zero-order chi connectivity index (χ0) is 15.0. The van der Waals surface area contributed by atoms with Gasteiger partial charge in [-0.2, -0.15) is 0 Å². The molecule has 0 amide bonds. The lowest BCUT2D eigenvalue weighted by Crippen LogP contribution is -2.15. The number of rotatable bonds is 9. The zero-order valence-corrected chi connectivity index (χ0v) is 12.6. The third kappa shape index (κ3) is 4.99. The summed E-state index contributed by atoms with van der Waals surface area (Å²) >= 11 is 0. The second-order valence-corrected chi connectivity index (χ2v) is 6.26. The van der Waals surface area contributed by atoms with Crippen molar-refractivity contribution in [2.45, 2.75) is 11.3 Å². The molecule has 0 aliphatic carbocycles. The van der Waals surface area contributed by atoms with Crippen LogP contribution in [0.1, 0.15) is 6.42 Å². The van der Waals surface area contributed by atoms with E-state index in [2.05, 4.69) is 0 Å². The van der Waals surface area contributed by atoms with E-state index < -0.39 is 9.84 Å². The van der Waals surface area contributed by atoms with Crippen molar-refractivity contribution in [2.24, 2.45) is 0 Å². The van der Waals surface area contributed by atoms with Crippen LogP contribution in [0.15, 0.2) is 23.1 Å². The molecule has 114 valence electrons. The molecule has 6 nitrogen and oxygen atoms in total. The standard InChI is InChI=1S/C13H21NO5S/c1-17-6-3-7-19-8-9-20(15,16)13-10-11(18-2)4-5-12(13)14/h4-5,10H,3,6-9,14H2,1-2H3. The maximum atomic E-state index is 12.2. The number of anilines is 1. The van der Waals surface area contributed by atoms with Crippen LogP contribution in [0.5, 0.6) is 5.75 Å². The normalized spacial score (nSPS) is 11.5. The van der Waals surface area contributed by atoms with Crippen molar-refractivity contribution in [3.63, 3.8) is 0 Å². The van der Waals surface area contributed by atoms with Crippen LogP contribution in [0, 0.1) is 0 Å². The highest BCUT2D eigenvalue weighted by Gasteiger charge is 2.18. The molecule has 0 fully saturated rings. The Labute approximate surface area is 119 Å². The van der Waals surface area contributed by atoms with Crippen molar-refractivity contribution in [3.05, 3.63) is 18.2 Å². The summed E-state index contributed by atoms with van der Waals surface area (Å²) in [6.45, 7) is 1.19. The summed E-state index contributed by atoms with van der Waals surface area (Å²) < 4.78 is 39.5. The molecule has 0 heterocycles. The monoisotopic (exact) mass is 303 g/mol. The minimum Gasteiger partial charge on any atom is -0.497 e. The summed E-state index contributed by atoms with van der Waals surface area (Å²) in [5.41, 5.74) is 5.92. The molecule has 0 spiro atoms. The number of nitrogen functional groups attached to an aromatic ring is 1. The molecule has 0 saturated heterocycles. The van der Waals surface area contributed by atoms with Gasteiger partial charge in [0, 0.05) is 26.4 Å². The van der Waals surface area contributed by atoms with E-state index in [1.165, 1.54) is 19.2 Å². The highest BCUT2D eigenvalue weighted by atomic mass is 32.2. The van der Waals surface area contributed by atoms with Crippen molar-refractivity contribution in [2.75, 3.05) is 45.5 Å². The minimum atomic E-state index is -3.48. The second kappa shape index (κ2) is 8.08. The molecule has 0 radical (unpaired) electrons. The van der Waals surface area contributed by atoms with Crippen LogP contribution >= 0.6 is 0 Å². The predicted octanol–water partition coefficient (Wildman–Crippen LogP) is 1.10. The number of hydrogen-bond acceptors (Lipinski definition) is 6. The van der Waals surface area contributed by atoms with Gasteiger partial charge < -0.3 is 19.9 Å². The van der Waals surface area contributed by atoms with Crippen molar-refractivity contribution < 1.29 is 22.6 Å². The Bertz CT molecular complexity index is 515. The van der Waals surface area contributed by atoms with Crippen molar-refractivity contribution in [1.82, 2.24) is 0 Å². The predicted molar refractivity (Wildman–Crippen MR) is 76.8 cm³/mol. The summed E-state index contributed by atoms with van der Waals surface area (Å²) in [5, 5.41) is 0. The number of nitrogens with two attached hydrogens (primary N) is 1. The smallest absolute Gasteiger partial charge is 0.182 e. The van der Waals surface area contributed by atoms with Gasteiger partial charge in [-0.1, -0.05) is 0 Å². The van der Waals surface area contributed by atoms with E-state index >= 15 is 0 Å². The van der Waals surface area contributed by atoms with Crippen molar-refractivity contribution >= 4 is 15.5 Å². The van der Waals surface area contributed by atoms with Gasteiger partial charge in [-0.3, -0.25) is 0 Å². The molecule has 0 bridgehead atoms. The first kappa shape index (κ1) is 16.7. The van der Waals surface area contributed by atoms with Crippen molar-refractivity contribution in [3.8, 4) is 5.75 Å². The molecule has 0 aliphatic rings. The summed E-state index contributed by atoms with van der Waals surface area (Å²) in [6, 6.07) is 4.57. The highest BCUT2D eigenvalue weighted by molar-refractivity contribution is 7.91.